The molecule has 1 fully saturated rings. The molecule has 98 valence electrons. The van der Waals surface area contributed by atoms with Crippen molar-refractivity contribution in [1.82, 2.24) is 4.98 Å². The van der Waals surface area contributed by atoms with E-state index >= 15 is 0 Å². The Morgan fingerprint density at radius 3 is 3.06 bits per heavy atom. The zero-order chi connectivity index (χ0) is 12.8. The van der Waals surface area contributed by atoms with Gasteiger partial charge in [0.05, 0.1) is 6.61 Å². The smallest absolute Gasteiger partial charge is 0.188 e. The summed E-state index contributed by atoms with van der Waals surface area (Å²) in [5.41, 5.74) is 5.87. The summed E-state index contributed by atoms with van der Waals surface area (Å²) in [6.45, 7) is 2.27. The number of aromatic nitrogens is 1. The molecular weight excluding hydrogens is 234 g/mol. The molecule has 18 heavy (non-hydrogen) atoms. The lowest BCUT2D eigenvalue weighted by Crippen LogP contribution is -2.21. The first-order chi connectivity index (χ1) is 8.79. The van der Waals surface area contributed by atoms with Crippen LogP contribution in [0.1, 0.15) is 18.5 Å². The predicted molar refractivity (Wildman–Crippen MR) is 65.8 cm³/mol. The Morgan fingerprint density at radius 1 is 1.56 bits per heavy atom. The van der Waals surface area contributed by atoms with Gasteiger partial charge in [-0.05, 0) is 24.8 Å². The average Bonchev–Trinajstić information content (AvgIpc) is 2.45. The van der Waals surface area contributed by atoms with Gasteiger partial charge in [0.1, 0.15) is 11.4 Å². The van der Waals surface area contributed by atoms with Crippen LogP contribution in [0.4, 0.5) is 0 Å². The summed E-state index contributed by atoms with van der Waals surface area (Å²) in [7, 11) is 0. The fourth-order valence-corrected chi connectivity index (χ4v) is 1.82. The van der Waals surface area contributed by atoms with Gasteiger partial charge >= 0.3 is 0 Å². The number of nitrogens with two attached hydrogens (primary N) is 1. The number of hydrogen-bond donors (Lipinski definition) is 2. The largest absolute Gasteiger partial charge is 0.493 e. The van der Waals surface area contributed by atoms with E-state index in [0.717, 1.165) is 26.1 Å². The molecule has 0 unspecified atom stereocenters. The van der Waals surface area contributed by atoms with Crippen molar-refractivity contribution in [2.24, 2.45) is 16.8 Å². The lowest BCUT2D eigenvalue weighted by Gasteiger charge is -2.22. The minimum absolute atomic E-state index is 0.0217. The first kappa shape index (κ1) is 12.6. The number of nitrogens with zero attached hydrogens (tertiary/aromatic N) is 2. The molecule has 1 aliphatic rings. The monoisotopic (exact) mass is 251 g/mol. The van der Waals surface area contributed by atoms with Gasteiger partial charge in [-0.3, -0.25) is 4.98 Å². The molecular formula is C12H17N3O3. The van der Waals surface area contributed by atoms with E-state index in [2.05, 4.69) is 10.1 Å². The van der Waals surface area contributed by atoms with Crippen molar-refractivity contribution in [3.63, 3.8) is 0 Å². The van der Waals surface area contributed by atoms with E-state index in [1.54, 1.807) is 18.3 Å². The Kier molecular flexibility index (Phi) is 4.35. The Hall–Kier alpha value is -1.82. The maximum Gasteiger partial charge on any atom is 0.188 e. The van der Waals surface area contributed by atoms with Crippen LogP contribution in [0.3, 0.4) is 0 Å². The molecule has 0 spiro atoms. The van der Waals surface area contributed by atoms with Crippen molar-refractivity contribution in [3.05, 3.63) is 24.0 Å². The van der Waals surface area contributed by atoms with Gasteiger partial charge in [-0.1, -0.05) is 5.16 Å². The maximum atomic E-state index is 8.58. The van der Waals surface area contributed by atoms with Crippen molar-refractivity contribution in [2.45, 2.75) is 12.8 Å². The van der Waals surface area contributed by atoms with Gasteiger partial charge < -0.3 is 20.4 Å². The summed E-state index contributed by atoms with van der Waals surface area (Å²) < 4.78 is 11.0. The standard InChI is InChI=1S/C12H17N3O3/c13-12(15-16)11-7-10(1-4-14-11)18-8-9-2-5-17-6-3-9/h1,4,7,9,16H,2-3,5-6,8H2,(H2,13,15). The first-order valence-electron chi connectivity index (χ1n) is 5.94. The summed E-state index contributed by atoms with van der Waals surface area (Å²) in [4.78, 5) is 3.99. The van der Waals surface area contributed by atoms with Gasteiger partial charge in [-0.25, -0.2) is 0 Å². The van der Waals surface area contributed by atoms with Crippen LogP contribution in [0, 0.1) is 5.92 Å². The number of amidine groups is 1. The Morgan fingerprint density at radius 2 is 2.33 bits per heavy atom. The van der Waals surface area contributed by atoms with E-state index in [4.69, 9.17) is 20.4 Å². The first-order valence-corrected chi connectivity index (χ1v) is 5.94. The Labute approximate surface area is 105 Å². The lowest BCUT2D eigenvalue weighted by atomic mass is 10.0. The van der Waals surface area contributed by atoms with E-state index in [-0.39, 0.29) is 5.84 Å². The number of oxime groups is 1. The molecule has 1 aromatic rings. The van der Waals surface area contributed by atoms with Crippen LogP contribution in [0.25, 0.3) is 0 Å². The van der Waals surface area contributed by atoms with Crippen LogP contribution in [0.15, 0.2) is 23.5 Å². The van der Waals surface area contributed by atoms with E-state index in [1.807, 2.05) is 0 Å². The molecule has 1 saturated heterocycles. The number of ether oxygens (including phenoxy) is 2. The number of pyridine rings is 1. The molecule has 1 aromatic heterocycles. The van der Waals surface area contributed by atoms with E-state index in [0.29, 0.717) is 24.0 Å². The molecule has 6 heteroatoms. The average molecular weight is 251 g/mol. The van der Waals surface area contributed by atoms with Crippen LogP contribution in [0.5, 0.6) is 5.75 Å². The fraction of sp³-hybridized carbons (Fsp3) is 0.500. The van der Waals surface area contributed by atoms with E-state index in [9.17, 15) is 0 Å². The lowest BCUT2D eigenvalue weighted by molar-refractivity contribution is 0.0497. The van der Waals surface area contributed by atoms with Gasteiger partial charge in [-0.15, -0.1) is 0 Å². The van der Waals surface area contributed by atoms with Crippen molar-refractivity contribution >= 4 is 5.84 Å². The molecule has 6 nitrogen and oxygen atoms in total. The fourth-order valence-electron chi connectivity index (χ4n) is 1.82. The summed E-state index contributed by atoms with van der Waals surface area (Å²) in [5, 5.41) is 11.5. The Bertz CT molecular complexity index is 417. The molecule has 2 rings (SSSR count). The van der Waals surface area contributed by atoms with Gasteiger partial charge in [0.25, 0.3) is 0 Å². The summed E-state index contributed by atoms with van der Waals surface area (Å²) in [6, 6.07) is 3.42. The second kappa shape index (κ2) is 6.20. The number of rotatable bonds is 4. The third kappa shape index (κ3) is 3.33. The van der Waals surface area contributed by atoms with Gasteiger partial charge in [-0.2, -0.15) is 0 Å². The molecule has 0 bridgehead atoms. The van der Waals surface area contributed by atoms with Gasteiger partial charge in [0, 0.05) is 25.5 Å². The number of hydrogen-bond acceptors (Lipinski definition) is 5. The van der Waals surface area contributed by atoms with Crippen LogP contribution >= 0.6 is 0 Å². The second-order valence-corrected chi connectivity index (χ2v) is 4.23. The zero-order valence-electron chi connectivity index (χ0n) is 10.1. The van der Waals surface area contributed by atoms with Crippen molar-refractivity contribution in [3.8, 4) is 5.75 Å². The minimum atomic E-state index is -0.0217. The predicted octanol–water partition coefficient (Wildman–Crippen LogP) is 0.981. The quantitative estimate of drug-likeness (QED) is 0.360. The van der Waals surface area contributed by atoms with Crippen LogP contribution < -0.4 is 10.5 Å². The molecule has 1 aliphatic heterocycles. The van der Waals surface area contributed by atoms with Crippen molar-refractivity contribution in [1.29, 1.82) is 0 Å². The highest BCUT2D eigenvalue weighted by Crippen LogP contribution is 2.18. The second-order valence-electron chi connectivity index (χ2n) is 4.23. The topological polar surface area (TPSA) is 90.0 Å². The third-order valence-corrected chi connectivity index (χ3v) is 2.93. The van der Waals surface area contributed by atoms with Crippen LogP contribution in [0.2, 0.25) is 0 Å². The summed E-state index contributed by atoms with van der Waals surface area (Å²) in [6.07, 6.45) is 3.63. The van der Waals surface area contributed by atoms with E-state index in [1.165, 1.54) is 0 Å². The maximum absolute atomic E-state index is 8.58. The molecule has 0 aromatic carbocycles. The Balaban J connectivity index is 1.92. The van der Waals surface area contributed by atoms with Gasteiger partial charge in [0.2, 0.25) is 0 Å². The highest BCUT2D eigenvalue weighted by atomic mass is 16.5. The van der Waals surface area contributed by atoms with Gasteiger partial charge in [0.15, 0.2) is 5.84 Å². The molecule has 3 N–H and O–H groups in total. The van der Waals surface area contributed by atoms with E-state index < -0.39 is 0 Å². The highest BCUT2D eigenvalue weighted by molar-refractivity contribution is 5.95. The summed E-state index contributed by atoms with van der Waals surface area (Å²) in [5.74, 6) is 1.18. The molecule has 0 saturated carbocycles. The molecule has 0 amide bonds. The van der Waals surface area contributed by atoms with Crippen LogP contribution in [-0.4, -0.2) is 35.8 Å². The van der Waals surface area contributed by atoms with Crippen molar-refractivity contribution in [2.75, 3.05) is 19.8 Å². The molecule has 0 aliphatic carbocycles. The highest BCUT2D eigenvalue weighted by Gasteiger charge is 2.14. The SMILES string of the molecule is NC(=NO)c1cc(OCC2CCOCC2)ccn1. The third-order valence-electron chi connectivity index (χ3n) is 2.93. The van der Waals surface area contributed by atoms with Crippen LogP contribution in [-0.2, 0) is 4.74 Å². The summed E-state index contributed by atoms with van der Waals surface area (Å²) >= 11 is 0. The van der Waals surface area contributed by atoms with Crippen molar-refractivity contribution < 1.29 is 14.7 Å². The zero-order valence-corrected chi connectivity index (χ0v) is 10.1. The molecule has 2 heterocycles. The minimum Gasteiger partial charge on any atom is -0.493 e. The normalized spacial score (nSPS) is 17.7. The molecule has 0 radical (unpaired) electrons. The molecule has 0 atom stereocenters.